The van der Waals surface area contributed by atoms with Crippen molar-refractivity contribution in [3.63, 3.8) is 0 Å². The summed E-state index contributed by atoms with van der Waals surface area (Å²) < 4.78 is 35.2. The highest BCUT2D eigenvalue weighted by Gasteiger charge is 2.32. The van der Waals surface area contributed by atoms with E-state index in [4.69, 9.17) is 4.74 Å². The summed E-state index contributed by atoms with van der Waals surface area (Å²) in [6.07, 6.45) is 0.300. The molecule has 1 saturated heterocycles. The minimum atomic E-state index is -3.71. The Bertz CT molecular complexity index is 1050. The van der Waals surface area contributed by atoms with E-state index in [-0.39, 0.29) is 29.1 Å². The lowest BCUT2D eigenvalue weighted by molar-refractivity contribution is -0.0440. The van der Waals surface area contributed by atoms with Gasteiger partial charge in [0.2, 0.25) is 10.0 Å². The number of benzene rings is 1. The Hall–Kier alpha value is -2.23. The van der Waals surface area contributed by atoms with Crippen molar-refractivity contribution in [2.24, 2.45) is 7.05 Å². The Morgan fingerprint density at radius 2 is 1.90 bits per heavy atom. The molecule has 3 rings (SSSR count). The zero-order chi connectivity index (χ0) is 22.9. The Morgan fingerprint density at radius 3 is 2.48 bits per heavy atom. The molecule has 0 saturated carbocycles. The van der Waals surface area contributed by atoms with Gasteiger partial charge in [-0.1, -0.05) is 6.07 Å². The van der Waals surface area contributed by atoms with Crippen molar-refractivity contribution < 1.29 is 17.9 Å². The van der Waals surface area contributed by atoms with Gasteiger partial charge in [-0.15, -0.1) is 0 Å². The van der Waals surface area contributed by atoms with Crippen molar-refractivity contribution >= 4 is 15.9 Å². The van der Waals surface area contributed by atoms with Gasteiger partial charge in [0.1, 0.15) is 0 Å². The van der Waals surface area contributed by atoms with E-state index in [1.165, 1.54) is 16.4 Å². The number of rotatable bonds is 6. The molecule has 1 aliphatic heterocycles. The molecule has 0 radical (unpaired) electrons. The molecule has 1 aliphatic rings. The van der Waals surface area contributed by atoms with E-state index < -0.39 is 10.0 Å². The molecule has 0 aliphatic carbocycles. The summed E-state index contributed by atoms with van der Waals surface area (Å²) >= 11 is 0. The number of hydrogen-bond donors (Lipinski definition) is 1. The third kappa shape index (κ3) is 5.16. The van der Waals surface area contributed by atoms with Crippen LogP contribution in [-0.4, -0.2) is 59.7 Å². The molecule has 170 valence electrons. The predicted molar refractivity (Wildman–Crippen MR) is 119 cm³/mol. The van der Waals surface area contributed by atoms with E-state index >= 15 is 0 Å². The first-order chi connectivity index (χ1) is 14.5. The van der Waals surface area contributed by atoms with E-state index in [0.29, 0.717) is 25.1 Å². The molecule has 0 bridgehead atoms. The van der Waals surface area contributed by atoms with E-state index in [1.54, 1.807) is 12.1 Å². The average Bonchev–Trinajstić information content (AvgIpc) is 2.93. The summed E-state index contributed by atoms with van der Waals surface area (Å²) in [5, 5.41) is 7.39. The third-order valence-electron chi connectivity index (χ3n) is 5.67. The fourth-order valence-electron chi connectivity index (χ4n) is 4.05. The van der Waals surface area contributed by atoms with Gasteiger partial charge in [-0.25, -0.2) is 8.42 Å². The monoisotopic (exact) mass is 448 g/mol. The van der Waals surface area contributed by atoms with Gasteiger partial charge < -0.3 is 10.1 Å². The first kappa shape index (κ1) is 23.4. The molecule has 0 spiro atoms. The van der Waals surface area contributed by atoms with Crippen LogP contribution in [0.5, 0.6) is 0 Å². The number of amides is 1. The summed E-state index contributed by atoms with van der Waals surface area (Å²) in [5.74, 6) is -0.299. The van der Waals surface area contributed by atoms with Crippen molar-refractivity contribution in [2.45, 2.75) is 64.2 Å². The van der Waals surface area contributed by atoms with E-state index in [1.807, 2.05) is 46.3 Å². The maximum absolute atomic E-state index is 13.1. The number of nitrogens with zero attached hydrogens (tertiary/aromatic N) is 3. The SMILES string of the molecule is Cc1nn(C)c(C)c1C[C@H](C)NC(=O)c1cccc(S(=O)(=O)N2C[C@H](C)O[C@@H](C)C2)c1. The Morgan fingerprint density at radius 1 is 1.26 bits per heavy atom. The lowest BCUT2D eigenvalue weighted by Gasteiger charge is -2.34. The molecule has 1 N–H and O–H groups in total. The van der Waals surface area contributed by atoms with Gasteiger partial charge in [-0.2, -0.15) is 9.40 Å². The van der Waals surface area contributed by atoms with Crippen molar-refractivity contribution in [3.05, 3.63) is 46.8 Å². The third-order valence-corrected chi connectivity index (χ3v) is 7.49. The molecule has 3 atom stereocenters. The van der Waals surface area contributed by atoms with Gasteiger partial charge in [-0.05, 0) is 64.8 Å². The molecule has 9 heteroatoms. The lowest BCUT2D eigenvalue weighted by atomic mass is 10.0. The van der Waals surface area contributed by atoms with Crippen molar-refractivity contribution in [3.8, 4) is 0 Å². The summed E-state index contributed by atoms with van der Waals surface area (Å²) in [5.41, 5.74) is 3.45. The van der Waals surface area contributed by atoms with Crippen LogP contribution in [0.15, 0.2) is 29.2 Å². The minimum Gasteiger partial charge on any atom is -0.373 e. The molecule has 8 nitrogen and oxygen atoms in total. The lowest BCUT2D eigenvalue weighted by Crippen LogP contribution is -2.48. The summed E-state index contributed by atoms with van der Waals surface area (Å²) in [4.78, 5) is 12.9. The molecule has 0 unspecified atom stereocenters. The maximum atomic E-state index is 13.1. The van der Waals surface area contributed by atoms with E-state index in [2.05, 4.69) is 10.4 Å². The van der Waals surface area contributed by atoms with Gasteiger partial charge >= 0.3 is 0 Å². The van der Waals surface area contributed by atoms with Crippen LogP contribution in [0.25, 0.3) is 0 Å². The molecule has 1 aromatic heterocycles. The topological polar surface area (TPSA) is 93.5 Å². The maximum Gasteiger partial charge on any atom is 0.251 e. The second kappa shape index (κ2) is 9.10. The summed E-state index contributed by atoms with van der Waals surface area (Å²) in [6.45, 7) is 10.2. The zero-order valence-electron chi connectivity index (χ0n) is 19.0. The zero-order valence-corrected chi connectivity index (χ0v) is 19.9. The second-order valence-corrected chi connectivity index (χ2v) is 10.4. The highest BCUT2D eigenvalue weighted by molar-refractivity contribution is 7.89. The van der Waals surface area contributed by atoms with Crippen LogP contribution in [0, 0.1) is 13.8 Å². The Kier molecular flexibility index (Phi) is 6.88. The van der Waals surface area contributed by atoms with Crippen LogP contribution in [0.3, 0.4) is 0 Å². The highest BCUT2D eigenvalue weighted by atomic mass is 32.2. The van der Waals surface area contributed by atoms with Crippen LogP contribution in [-0.2, 0) is 28.2 Å². The van der Waals surface area contributed by atoms with Crippen LogP contribution < -0.4 is 5.32 Å². The summed E-state index contributed by atoms with van der Waals surface area (Å²) in [6, 6.07) is 6.09. The number of nitrogens with one attached hydrogen (secondary N) is 1. The molecule has 2 heterocycles. The van der Waals surface area contributed by atoms with Gasteiger partial charge in [0.25, 0.3) is 5.91 Å². The smallest absolute Gasteiger partial charge is 0.251 e. The largest absolute Gasteiger partial charge is 0.373 e. The van der Waals surface area contributed by atoms with Gasteiger partial charge in [-0.3, -0.25) is 9.48 Å². The van der Waals surface area contributed by atoms with Crippen molar-refractivity contribution in [1.29, 1.82) is 0 Å². The molecule has 31 heavy (non-hydrogen) atoms. The number of carbonyl (C=O) groups excluding carboxylic acids is 1. The van der Waals surface area contributed by atoms with Crippen molar-refractivity contribution in [1.82, 2.24) is 19.4 Å². The number of ether oxygens (including phenoxy) is 1. The quantitative estimate of drug-likeness (QED) is 0.731. The highest BCUT2D eigenvalue weighted by Crippen LogP contribution is 2.22. The van der Waals surface area contributed by atoms with E-state index in [0.717, 1.165) is 17.0 Å². The number of sulfonamides is 1. The normalized spacial score (nSPS) is 21.1. The Labute approximate surface area is 184 Å². The average molecular weight is 449 g/mol. The second-order valence-electron chi connectivity index (χ2n) is 8.46. The molecule has 1 amide bonds. The van der Waals surface area contributed by atoms with Gasteiger partial charge in [0.15, 0.2) is 0 Å². The molecule has 2 aromatic rings. The van der Waals surface area contributed by atoms with Gasteiger partial charge in [0, 0.05) is 37.4 Å². The Balaban J connectivity index is 1.74. The van der Waals surface area contributed by atoms with Crippen LogP contribution in [0.4, 0.5) is 0 Å². The first-order valence-corrected chi connectivity index (χ1v) is 12.0. The molecule has 1 aromatic carbocycles. The predicted octanol–water partition coefficient (Wildman–Crippen LogP) is 2.20. The summed E-state index contributed by atoms with van der Waals surface area (Å²) in [7, 11) is -1.81. The van der Waals surface area contributed by atoms with E-state index in [9.17, 15) is 13.2 Å². The fourth-order valence-corrected chi connectivity index (χ4v) is 5.69. The standard InChI is InChI=1S/C22H32N4O4S/c1-14(10-21-17(4)24-25(6)18(21)5)23-22(27)19-8-7-9-20(11-19)31(28,29)26-12-15(2)30-16(3)13-26/h7-9,11,14-16H,10,12-13H2,1-6H3,(H,23,27)/t14-,15-,16-/m0/s1. The molecule has 1 fully saturated rings. The number of aryl methyl sites for hydroxylation is 2. The molecular weight excluding hydrogens is 416 g/mol. The number of aromatic nitrogens is 2. The number of hydrogen-bond acceptors (Lipinski definition) is 5. The number of carbonyl (C=O) groups is 1. The number of morpholine rings is 1. The molecular formula is C22H32N4O4S. The van der Waals surface area contributed by atoms with Crippen LogP contribution in [0.1, 0.15) is 48.1 Å². The first-order valence-electron chi connectivity index (χ1n) is 10.5. The fraction of sp³-hybridized carbons (Fsp3) is 0.545. The minimum absolute atomic E-state index is 0.119. The van der Waals surface area contributed by atoms with Crippen molar-refractivity contribution in [2.75, 3.05) is 13.1 Å². The van der Waals surface area contributed by atoms with Gasteiger partial charge in [0.05, 0.1) is 22.8 Å². The van der Waals surface area contributed by atoms with Crippen LogP contribution in [0.2, 0.25) is 0 Å². The van der Waals surface area contributed by atoms with Crippen LogP contribution >= 0.6 is 0 Å².